The molecule has 0 aromatic heterocycles. The molecule has 0 heterocycles. The van der Waals surface area contributed by atoms with E-state index >= 15 is 0 Å². The Morgan fingerprint density at radius 3 is 2.36 bits per heavy atom. The predicted octanol–water partition coefficient (Wildman–Crippen LogP) is 5.77. The molecule has 0 aliphatic rings. The molecular weight excluding hydrogens is 363 g/mol. The molecule has 116 valence electrons. The summed E-state index contributed by atoms with van der Waals surface area (Å²) >= 11 is 23.2. The second-order valence-electron chi connectivity index (χ2n) is 4.51. The van der Waals surface area contributed by atoms with Gasteiger partial charge in [-0.1, -0.05) is 34.8 Å². The quantitative estimate of drug-likeness (QED) is 0.667. The van der Waals surface area contributed by atoms with Crippen molar-refractivity contribution in [3.63, 3.8) is 0 Å². The smallest absolute Gasteiger partial charge is 0.175 e. The van der Waals surface area contributed by atoms with E-state index < -0.39 is 0 Å². The van der Waals surface area contributed by atoms with Crippen LogP contribution >= 0.6 is 47.0 Å². The number of halogens is 3. The first kappa shape index (κ1) is 17.2. The molecule has 22 heavy (non-hydrogen) atoms. The Kier molecular flexibility index (Phi) is 5.75. The normalized spacial score (nSPS) is 10.2. The van der Waals surface area contributed by atoms with E-state index in [0.717, 1.165) is 16.9 Å². The third kappa shape index (κ3) is 4.17. The van der Waals surface area contributed by atoms with Gasteiger partial charge in [0.15, 0.2) is 5.11 Å². The lowest BCUT2D eigenvalue weighted by molar-refractivity contribution is 0.417. The molecule has 0 unspecified atom stereocenters. The Bertz CT molecular complexity index is 722. The molecule has 2 rings (SSSR count). The lowest BCUT2D eigenvalue weighted by atomic mass is 10.2. The van der Waals surface area contributed by atoms with Crippen molar-refractivity contribution in [2.24, 2.45) is 0 Å². The van der Waals surface area contributed by atoms with Gasteiger partial charge < -0.3 is 15.4 Å². The summed E-state index contributed by atoms with van der Waals surface area (Å²) in [6.07, 6.45) is 0. The average molecular weight is 376 g/mol. The fourth-order valence-electron chi connectivity index (χ4n) is 1.79. The molecule has 2 N–H and O–H groups in total. The van der Waals surface area contributed by atoms with E-state index in [9.17, 15) is 0 Å². The zero-order valence-corrected chi connectivity index (χ0v) is 14.9. The summed E-state index contributed by atoms with van der Waals surface area (Å²) in [7, 11) is 1.57. The van der Waals surface area contributed by atoms with E-state index in [1.54, 1.807) is 31.4 Å². The molecule has 0 atom stereocenters. The Balaban J connectivity index is 2.15. The summed E-state index contributed by atoms with van der Waals surface area (Å²) in [5.74, 6) is 0.605. The van der Waals surface area contributed by atoms with Crippen LogP contribution in [0, 0.1) is 6.92 Å². The second-order valence-corrected chi connectivity index (χ2v) is 6.14. The van der Waals surface area contributed by atoms with E-state index in [4.69, 9.17) is 51.8 Å². The van der Waals surface area contributed by atoms with Gasteiger partial charge >= 0.3 is 0 Å². The maximum Gasteiger partial charge on any atom is 0.175 e. The Hall–Kier alpha value is -1.20. The van der Waals surface area contributed by atoms with Crippen LogP contribution in [0.4, 0.5) is 11.4 Å². The van der Waals surface area contributed by atoms with Crippen molar-refractivity contribution in [1.82, 2.24) is 0 Å². The number of methoxy groups -OCH3 is 1. The van der Waals surface area contributed by atoms with Gasteiger partial charge in [-0.2, -0.15) is 0 Å². The molecule has 0 bridgehead atoms. The summed E-state index contributed by atoms with van der Waals surface area (Å²) < 4.78 is 5.29. The SMILES string of the molecule is COc1cc(Cl)c(C)cc1NC(=S)Nc1ccc(Cl)c(Cl)c1. The second kappa shape index (κ2) is 7.38. The summed E-state index contributed by atoms with van der Waals surface area (Å²) in [5, 5.41) is 8.08. The number of benzene rings is 2. The molecule has 0 radical (unpaired) electrons. The number of hydrogen-bond donors (Lipinski definition) is 2. The third-order valence-electron chi connectivity index (χ3n) is 2.91. The number of thiocarbonyl (C=S) groups is 1. The van der Waals surface area contributed by atoms with Crippen molar-refractivity contribution in [2.75, 3.05) is 17.7 Å². The standard InChI is InChI=1S/C15H13Cl3N2OS/c1-8-5-13(14(21-2)7-11(8)17)20-15(22)19-9-3-4-10(16)12(18)6-9/h3-7H,1-2H3,(H2,19,20,22). The van der Waals surface area contributed by atoms with Crippen molar-refractivity contribution in [1.29, 1.82) is 0 Å². The molecule has 2 aromatic carbocycles. The van der Waals surface area contributed by atoms with Crippen molar-refractivity contribution < 1.29 is 4.74 Å². The fraction of sp³-hybridized carbons (Fsp3) is 0.133. The zero-order chi connectivity index (χ0) is 16.3. The van der Waals surface area contributed by atoms with E-state index in [2.05, 4.69) is 10.6 Å². The molecule has 0 saturated carbocycles. The molecule has 7 heteroatoms. The number of hydrogen-bond acceptors (Lipinski definition) is 2. The topological polar surface area (TPSA) is 33.3 Å². The summed E-state index contributed by atoms with van der Waals surface area (Å²) in [5.41, 5.74) is 2.38. The van der Waals surface area contributed by atoms with E-state index in [-0.39, 0.29) is 0 Å². The van der Waals surface area contributed by atoms with Gasteiger partial charge in [-0.25, -0.2) is 0 Å². The molecule has 0 fully saturated rings. The van der Waals surface area contributed by atoms with Gasteiger partial charge in [-0.05, 0) is 49.0 Å². The Morgan fingerprint density at radius 2 is 1.73 bits per heavy atom. The maximum atomic E-state index is 6.08. The molecular formula is C15H13Cl3N2OS. The van der Waals surface area contributed by atoms with Gasteiger partial charge in [0, 0.05) is 16.8 Å². The summed E-state index contributed by atoms with van der Waals surface area (Å²) in [6, 6.07) is 8.78. The number of ether oxygens (including phenoxy) is 1. The molecule has 0 spiro atoms. The van der Waals surface area contributed by atoms with E-state index in [1.165, 1.54) is 0 Å². The van der Waals surface area contributed by atoms with Crippen molar-refractivity contribution >= 4 is 63.5 Å². The van der Waals surface area contributed by atoms with Crippen molar-refractivity contribution in [2.45, 2.75) is 6.92 Å². The van der Waals surface area contributed by atoms with Crippen LogP contribution in [0.3, 0.4) is 0 Å². The third-order valence-corrected chi connectivity index (χ3v) is 4.26. The molecule has 0 aliphatic heterocycles. The minimum Gasteiger partial charge on any atom is -0.495 e. The first-order chi connectivity index (χ1) is 10.4. The predicted molar refractivity (Wildman–Crippen MR) is 99.0 cm³/mol. The fourth-order valence-corrected chi connectivity index (χ4v) is 2.47. The summed E-state index contributed by atoms with van der Waals surface area (Å²) in [4.78, 5) is 0. The van der Waals surface area contributed by atoms with Gasteiger partial charge in [-0.15, -0.1) is 0 Å². The van der Waals surface area contributed by atoms with E-state index in [1.807, 2.05) is 13.0 Å². The Morgan fingerprint density at radius 1 is 1.00 bits per heavy atom. The van der Waals surface area contributed by atoms with Crippen LogP contribution in [0.15, 0.2) is 30.3 Å². The first-order valence-electron chi connectivity index (χ1n) is 6.28. The molecule has 0 saturated heterocycles. The van der Waals surface area contributed by atoms with Crippen LogP contribution in [0.25, 0.3) is 0 Å². The van der Waals surface area contributed by atoms with Gasteiger partial charge in [0.1, 0.15) is 5.75 Å². The number of rotatable bonds is 3. The van der Waals surface area contributed by atoms with Gasteiger partial charge in [0.25, 0.3) is 0 Å². The highest BCUT2D eigenvalue weighted by Gasteiger charge is 2.09. The zero-order valence-electron chi connectivity index (χ0n) is 11.8. The monoisotopic (exact) mass is 374 g/mol. The molecule has 2 aromatic rings. The van der Waals surface area contributed by atoms with Crippen molar-refractivity contribution in [3.05, 3.63) is 51.0 Å². The lowest BCUT2D eigenvalue weighted by Crippen LogP contribution is -2.19. The van der Waals surface area contributed by atoms with Gasteiger partial charge in [0.05, 0.1) is 22.8 Å². The Labute approximate surface area is 149 Å². The lowest BCUT2D eigenvalue weighted by Gasteiger charge is -2.15. The minimum atomic E-state index is 0.401. The number of nitrogens with one attached hydrogen (secondary N) is 2. The number of aryl methyl sites for hydroxylation is 1. The van der Waals surface area contributed by atoms with Crippen LogP contribution in [0.1, 0.15) is 5.56 Å². The number of anilines is 2. The highest BCUT2D eigenvalue weighted by atomic mass is 35.5. The van der Waals surface area contributed by atoms with Gasteiger partial charge in [-0.3, -0.25) is 0 Å². The van der Waals surface area contributed by atoms with Crippen LogP contribution in [-0.4, -0.2) is 12.2 Å². The average Bonchev–Trinajstić information content (AvgIpc) is 2.46. The van der Waals surface area contributed by atoms with Crippen LogP contribution < -0.4 is 15.4 Å². The van der Waals surface area contributed by atoms with Gasteiger partial charge in [0.2, 0.25) is 0 Å². The largest absolute Gasteiger partial charge is 0.495 e. The molecule has 3 nitrogen and oxygen atoms in total. The summed E-state index contributed by atoms with van der Waals surface area (Å²) in [6.45, 7) is 1.91. The van der Waals surface area contributed by atoms with Crippen LogP contribution in [0.5, 0.6) is 5.75 Å². The molecule has 0 amide bonds. The first-order valence-corrected chi connectivity index (χ1v) is 7.82. The minimum absolute atomic E-state index is 0.401. The van der Waals surface area contributed by atoms with Crippen molar-refractivity contribution in [3.8, 4) is 5.75 Å². The van der Waals surface area contributed by atoms with E-state index in [0.29, 0.717) is 25.9 Å². The van der Waals surface area contributed by atoms with Crippen LogP contribution in [0.2, 0.25) is 15.1 Å². The highest BCUT2D eigenvalue weighted by molar-refractivity contribution is 7.80. The highest BCUT2D eigenvalue weighted by Crippen LogP contribution is 2.31. The molecule has 0 aliphatic carbocycles. The van der Waals surface area contributed by atoms with Crippen LogP contribution in [-0.2, 0) is 0 Å². The maximum absolute atomic E-state index is 6.08.